The smallest absolute Gasteiger partial charge is 0.264 e. The molecule has 4 rings (SSSR count). The number of anilines is 1. The van der Waals surface area contributed by atoms with E-state index in [1.807, 2.05) is 0 Å². The van der Waals surface area contributed by atoms with Crippen LogP contribution in [-0.4, -0.2) is 27.4 Å². The van der Waals surface area contributed by atoms with Crippen LogP contribution in [0.1, 0.15) is 36.0 Å². The zero-order valence-corrected chi connectivity index (χ0v) is 17.2. The number of sulfonamides is 1. The normalized spacial score (nSPS) is 23.6. The topological polar surface area (TPSA) is 66.5 Å². The summed E-state index contributed by atoms with van der Waals surface area (Å²) >= 11 is 5.84. The quantitative estimate of drug-likeness (QED) is 0.795. The van der Waals surface area contributed by atoms with Crippen molar-refractivity contribution in [3.05, 3.63) is 59.1 Å². The third-order valence-electron chi connectivity index (χ3n) is 6.02. The van der Waals surface area contributed by atoms with Gasteiger partial charge in [0.1, 0.15) is 0 Å². The van der Waals surface area contributed by atoms with E-state index in [4.69, 9.17) is 11.6 Å². The van der Waals surface area contributed by atoms with Crippen molar-refractivity contribution in [3.8, 4) is 0 Å². The van der Waals surface area contributed by atoms with Crippen molar-refractivity contribution in [2.75, 3.05) is 11.4 Å². The summed E-state index contributed by atoms with van der Waals surface area (Å²) in [4.78, 5) is 12.7. The molecule has 2 aromatic carbocycles. The molecule has 2 fully saturated rings. The van der Waals surface area contributed by atoms with Gasteiger partial charge >= 0.3 is 0 Å². The monoisotopic (exact) mass is 418 g/mol. The maximum atomic E-state index is 12.8. The number of hydrogen-bond acceptors (Lipinski definition) is 3. The highest BCUT2D eigenvalue weighted by Gasteiger charge is 2.40. The summed E-state index contributed by atoms with van der Waals surface area (Å²) in [5.41, 5.74) is 1.04. The van der Waals surface area contributed by atoms with E-state index in [1.54, 1.807) is 36.4 Å². The SMILES string of the molecule is CN(c1ccc(C(=O)NC2CC3CCC2C3)cc1)S(=O)(=O)c1ccc(Cl)cc1. The van der Waals surface area contributed by atoms with Crippen molar-refractivity contribution < 1.29 is 13.2 Å². The van der Waals surface area contributed by atoms with Crippen LogP contribution in [-0.2, 0) is 10.0 Å². The largest absolute Gasteiger partial charge is 0.349 e. The van der Waals surface area contributed by atoms with Gasteiger partial charge in [-0.1, -0.05) is 18.0 Å². The molecule has 2 saturated carbocycles. The van der Waals surface area contributed by atoms with Gasteiger partial charge in [0.2, 0.25) is 0 Å². The zero-order chi connectivity index (χ0) is 19.9. The summed E-state index contributed by atoms with van der Waals surface area (Å²) in [6.07, 6.45) is 4.82. The molecule has 3 atom stereocenters. The standard InChI is InChI=1S/C21H23ClN2O3S/c1-24(28(26,27)19-10-6-17(22)7-11-19)18-8-4-15(5-9-18)21(25)23-20-13-14-2-3-16(20)12-14/h4-11,14,16,20H,2-3,12-13H2,1H3,(H,23,25). The van der Waals surface area contributed by atoms with Gasteiger partial charge in [-0.2, -0.15) is 0 Å². The van der Waals surface area contributed by atoms with E-state index < -0.39 is 10.0 Å². The highest BCUT2D eigenvalue weighted by Crippen LogP contribution is 2.44. The molecular weight excluding hydrogens is 396 g/mol. The van der Waals surface area contributed by atoms with E-state index in [0.29, 0.717) is 22.2 Å². The fourth-order valence-electron chi connectivity index (χ4n) is 4.40. The minimum absolute atomic E-state index is 0.0905. The molecule has 0 radical (unpaired) electrons. The lowest BCUT2D eigenvalue weighted by Gasteiger charge is -2.23. The fourth-order valence-corrected chi connectivity index (χ4v) is 5.72. The molecule has 1 N–H and O–H groups in total. The van der Waals surface area contributed by atoms with Crippen molar-refractivity contribution in [2.45, 2.75) is 36.6 Å². The average Bonchev–Trinajstić information content (AvgIpc) is 3.31. The number of rotatable bonds is 5. The van der Waals surface area contributed by atoms with Crippen molar-refractivity contribution in [1.29, 1.82) is 0 Å². The molecule has 2 aliphatic rings. The number of benzene rings is 2. The molecule has 3 unspecified atom stereocenters. The number of amides is 1. The second-order valence-electron chi connectivity index (χ2n) is 7.73. The molecule has 7 heteroatoms. The number of halogens is 1. The molecule has 0 aliphatic heterocycles. The van der Waals surface area contributed by atoms with Gasteiger partial charge in [-0.15, -0.1) is 0 Å². The summed E-state index contributed by atoms with van der Waals surface area (Å²) in [6.45, 7) is 0. The highest BCUT2D eigenvalue weighted by atomic mass is 35.5. The summed E-state index contributed by atoms with van der Waals surface area (Å²) < 4.78 is 26.7. The maximum absolute atomic E-state index is 12.8. The first-order valence-electron chi connectivity index (χ1n) is 9.50. The number of hydrogen-bond donors (Lipinski definition) is 1. The van der Waals surface area contributed by atoms with E-state index in [-0.39, 0.29) is 16.8 Å². The molecule has 2 aliphatic carbocycles. The fraction of sp³-hybridized carbons (Fsp3) is 0.381. The van der Waals surface area contributed by atoms with Crippen molar-refractivity contribution in [3.63, 3.8) is 0 Å². The van der Waals surface area contributed by atoms with Gasteiger partial charge in [0, 0.05) is 23.7 Å². The Morgan fingerprint density at radius 2 is 1.71 bits per heavy atom. The Balaban J connectivity index is 1.46. The average molecular weight is 419 g/mol. The van der Waals surface area contributed by atoms with Crippen LogP contribution in [0.4, 0.5) is 5.69 Å². The molecule has 28 heavy (non-hydrogen) atoms. The van der Waals surface area contributed by atoms with Gasteiger partial charge in [0.25, 0.3) is 15.9 Å². The van der Waals surface area contributed by atoms with Crippen LogP contribution in [0, 0.1) is 11.8 Å². The number of carbonyl (C=O) groups excluding carboxylic acids is 1. The number of fused-ring (bicyclic) bond motifs is 2. The molecule has 148 valence electrons. The summed E-state index contributed by atoms with van der Waals surface area (Å²) in [5.74, 6) is 1.29. The Morgan fingerprint density at radius 1 is 1.04 bits per heavy atom. The lowest BCUT2D eigenvalue weighted by Crippen LogP contribution is -2.38. The van der Waals surface area contributed by atoms with Gasteiger partial charge in [0.15, 0.2) is 0 Å². The van der Waals surface area contributed by atoms with Crippen LogP contribution < -0.4 is 9.62 Å². The van der Waals surface area contributed by atoms with E-state index in [2.05, 4.69) is 5.32 Å². The van der Waals surface area contributed by atoms with Crippen LogP contribution in [0.15, 0.2) is 53.4 Å². The van der Waals surface area contributed by atoms with Crippen LogP contribution in [0.5, 0.6) is 0 Å². The Hall–Kier alpha value is -2.05. The van der Waals surface area contributed by atoms with Gasteiger partial charge in [-0.3, -0.25) is 9.10 Å². The van der Waals surface area contributed by atoms with E-state index in [9.17, 15) is 13.2 Å². The Kier molecular flexibility index (Phi) is 5.10. The van der Waals surface area contributed by atoms with Gasteiger partial charge in [-0.25, -0.2) is 8.42 Å². The van der Waals surface area contributed by atoms with Crippen molar-refractivity contribution >= 4 is 33.2 Å². The first-order valence-corrected chi connectivity index (χ1v) is 11.3. The maximum Gasteiger partial charge on any atom is 0.264 e. The molecule has 0 heterocycles. The van der Waals surface area contributed by atoms with E-state index >= 15 is 0 Å². The number of nitrogens with zero attached hydrogens (tertiary/aromatic N) is 1. The molecule has 0 spiro atoms. The van der Waals surface area contributed by atoms with Gasteiger partial charge in [-0.05, 0) is 79.6 Å². The second kappa shape index (κ2) is 7.41. The molecule has 2 bridgehead atoms. The van der Waals surface area contributed by atoms with Crippen molar-refractivity contribution in [1.82, 2.24) is 5.32 Å². The Morgan fingerprint density at radius 3 is 2.29 bits per heavy atom. The van der Waals surface area contributed by atoms with E-state index in [0.717, 1.165) is 12.3 Å². The molecule has 2 aromatic rings. The van der Waals surface area contributed by atoms with Crippen LogP contribution in [0.25, 0.3) is 0 Å². The lowest BCUT2D eigenvalue weighted by atomic mass is 9.95. The van der Waals surface area contributed by atoms with Crippen LogP contribution in [0.3, 0.4) is 0 Å². The van der Waals surface area contributed by atoms with Gasteiger partial charge < -0.3 is 5.32 Å². The first kappa shape index (κ1) is 19.3. The number of carbonyl (C=O) groups is 1. The Bertz CT molecular complexity index is 974. The summed E-state index contributed by atoms with van der Waals surface area (Å²) in [7, 11) is -2.20. The van der Waals surface area contributed by atoms with E-state index in [1.165, 1.54) is 42.7 Å². The second-order valence-corrected chi connectivity index (χ2v) is 10.1. The summed E-state index contributed by atoms with van der Waals surface area (Å²) in [5, 5.41) is 3.63. The zero-order valence-electron chi connectivity index (χ0n) is 15.6. The predicted molar refractivity (Wildman–Crippen MR) is 110 cm³/mol. The third kappa shape index (κ3) is 3.63. The molecule has 1 amide bonds. The predicted octanol–water partition coefficient (Wildman–Crippen LogP) is 4.08. The minimum atomic E-state index is -3.69. The van der Waals surface area contributed by atoms with Gasteiger partial charge in [0.05, 0.1) is 10.6 Å². The number of nitrogens with one attached hydrogen (secondary N) is 1. The Labute approximate surface area is 170 Å². The molecule has 5 nitrogen and oxygen atoms in total. The highest BCUT2D eigenvalue weighted by molar-refractivity contribution is 7.92. The molecular formula is C21H23ClN2O3S. The first-order chi connectivity index (χ1) is 13.3. The third-order valence-corrected chi connectivity index (χ3v) is 8.07. The van der Waals surface area contributed by atoms with Crippen LogP contribution >= 0.6 is 11.6 Å². The summed E-state index contributed by atoms with van der Waals surface area (Å²) in [6, 6.07) is 13.0. The van der Waals surface area contributed by atoms with Crippen LogP contribution in [0.2, 0.25) is 5.02 Å². The minimum Gasteiger partial charge on any atom is -0.349 e. The lowest BCUT2D eigenvalue weighted by molar-refractivity contribution is 0.0923. The molecule has 0 aromatic heterocycles. The van der Waals surface area contributed by atoms with Crippen molar-refractivity contribution in [2.24, 2.45) is 11.8 Å². The molecule has 0 saturated heterocycles.